The van der Waals surface area contributed by atoms with Crippen LogP contribution in [0.1, 0.15) is 49.9 Å². The fourth-order valence-electron chi connectivity index (χ4n) is 8.52. The topological polar surface area (TPSA) is 83.0 Å². The van der Waals surface area contributed by atoms with Gasteiger partial charge in [-0.25, -0.2) is 0 Å². The third kappa shape index (κ3) is 7.62. The summed E-state index contributed by atoms with van der Waals surface area (Å²) in [5.41, 5.74) is 19.0. The average Bonchev–Trinajstić information content (AvgIpc) is 4.13. The quantitative estimate of drug-likeness (QED) is 0.0715. The molecule has 0 saturated heterocycles. The molecule has 6 heteroatoms. The zero-order chi connectivity index (χ0) is 42.5. The van der Waals surface area contributed by atoms with Gasteiger partial charge in [0.05, 0.1) is 11.0 Å². The summed E-state index contributed by atoms with van der Waals surface area (Å²) in [5.74, 6) is 8.00. The van der Waals surface area contributed by atoms with E-state index in [9.17, 15) is 0 Å². The molecular formula is C55H50N4S2. The molecule has 1 aliphatic carbocycles. The van der Waals surface area contributed by atoms with Crippen LogP contribution in [0, 0.1) is 0 Å². The van der Waals surface area contributed by atoms with Crippen LogP contribution in [0.25, 0.3) is 90.8 Å². The molecule has 0 unspecified atom stereocenters. The minimum atomic E-state index is 0.834. The number of hydrogen-bond donors (Lipinski definition) is 3. The van der Waals surface area contributed by atoms with E-state index in [1.54, 1.807) is 0 Å². The highest BCUT2D eigenvalue weighted by Gasteiger charge is 2.19. The third-order valence-electron chi connectivity index (χ3n) is 11.1. The number of benzene rings is 8. The molecule has 12 rings (SSSR count). The molecule has 11 aromatic rings. The summed E-state index contributed by atoms with van der Waals surface area (Å²) in [6.45, 7) is 8.00. The number of aromatic nitrogens is 1. The Kier molecular flexibility index (Phi) is 12.4. The molecule has 3 aromatic heterocycles. The number of nitrogens with two attached hydrogens (primary N) is 3. The van der Waals surface area contributed by atoms with Gasteiger partial charge < -0.3 is 10.3 Å². The van der Waals surface area contributed by atoms with Crippen LogP contribution in [-0.2, 0) is 12.8 Å². The Hall–Kier alpha value is -6.50. The van der Waals surface area contributed by atoms with Gasteiger partial charge in [-0.1, -0.05) is 131 Å². The molecule has 8 aromatic carbocycles. The fraction of sp³-hybridized carbons (Fsp3) is 0.109. The van der Waals surface area contributed by atoms with Gasteiger partial charge in [-0.2, -0.15) is 0 Å². The Labute approximate surface area is 365 Å². The summed E-state index contributed by atoms with van der Waals surface area (Å²) < 4.78 is 7.87. The van der Waals surface area contributed by atoms with Gasteiger partial charge in [0.15, 0.2) is 0 Å². The normalized spacial score (nSPS) is 11.2. The van der Waals surface area contributed by atoms with Gasteiger partial charge in [-0.3, -0.25) is 11.7 Å². The van der Waals surface area contributed by atoms with Gasteiger partial charge in [-0.15, -0.1) is 28.4 Å². The third-order valence-corrected chi connectivity index (χ3v) is 13.5. The Morgan fingerprint density at radius 3 is 1.90 bits per heavy atom. The van der Waals surface area contributed by atoms with E-state index in [4.69, 9.17) is 5.73 Å². The molecular weight excluding hydrogens is 781 g/mol. The van der Waals surface area contributed by atoms with Crippen molar-refractivity contribution in [3.63, 3.8) is 0 Å². The lowest BCUT2D eigenvalue weighted by Crippen LogP contribution is -2.02. The van der Waals surface area contributed by atoms with E-state index in [1.165, 1.54) is 101 Å². The van der Waals surface area contributed by atoms with Crippen LogP contribution in [0.15, 0.2) is 163 Å². The number of fused-ring (bicyclic) bond motifs is 13. The zero-order valence-electron chi connectivity index (χ0n) is 35.1. The first-order valence-electron chi connectivity index (χ1n) is 21.1. The first-order chi connectivity index (χ1) is 30.2. The van der Waals surface area contributed by atoms with Crippen LogP contribution in [0.4, 0.5) is 5.69 Å². The van der Waals surface area contributed by atoms with Crippen molar-refractivity contribution in [3.05, 3.63) is 186 Å². The number of anilines is 1. The lowest BCUT2D eigenvalue weighted by Gasteiger charge is -2.10. The number of thiophene rings is 2. The molecule has 0 amide bonds. The van der Waals surface area contributed by atoms with Gasteiger partial charge in [0.25, 0.3) is 0 Å². The van der Waals surface area contributed by atoms with Gasteiger partial charge in [-0.05, 0) is 107 Å². The molecule has 3 heterocycles. The molecule has 0 saturated carbocycles. The van der Waals surface area contributed by atoms with Crippen molar-refractivity contribution in [2.24, 2.45) is 11.7 Å². The first kappa shape index (κ1) is 41.2. The second-order valence-corrected chi connectivity index (χ2v) is 16.5. The maximum atomic E-state index is 5.78. The number of hydrogen-bond acceptors (Lipinski definition) is 5. The minimum Gasteiger partial charge on any atom is -0.399 e. The number of nitrogen functional groups attached to an aromatic ring is 1. The molecule has 1 aliphatic rings. The van der Waals surface area contributed by atoms with Gasteiger partial charge >= 0.3 is 0 Å². The van der Waals surface area contributed by atoms with E-state index in [-0.39, 0.29) is 0 Å². The van der Waals surface area contributed by atoms with E-state index in [1.807, 2.05) is 62.5 Å². The second kappa shape index (κ2) is 18.4. The highest BCUT2D eigenvalue weighted by atomic mass is 32.1. The molecule has 0 atom stereocenters. The summed E-state index contributed by atoms with van der Waals surface area (Å²) in [4.78, 5) is 0. The van der Waals surface area contributed by atoms with E-state index >= 15 is 0 Å². The van der Waals surface area contributed by atoms with Crippen molar-refractivity contribution in [2.75, 3.05) is 5.73 Å². The Morgan fingerprint density at radius 1 is 0.508 bits per heavy atom. The van der Waals surface area contributed by atoms with Gasteiger partial charge in [0.2, 0.25) is 0 Å². The van der Waals surface area contributed by atoms with E-state index < -0.39 is 0 Å². The largest absolute Gasteiger partial charge is 0.399 e. The van der Waals surface area contributed by atoms with Crippen molar-refractivity contribution in [1.29, 1.82) is 0 Å². The van der Waals surface area contributed by atoms with E-state index in [2.05, 4.69) is 180 Å². The lowest BCUT2D eigenvalue weighted by atomic mass is 9.99. The summed E-state index contributed by atoms with van der Waals surface area (Å²) in [6, 6.07) is 57.1. The highest BCUT2D eigenvalue weighted by molar-refractivity contribution is 7.26. The predicted octanol–water partition coefficient (Wildman–Crippen LogP) is 15.2. The second-order valence-electron chi connectivity index (χ2n) is 14.3. The molecule has 0 radical (unpaired) electrons. The van der Waals surface area contributed by atoms with Crippen molar-refractivity contribution < 1.29 is 0 Å². The van der Waals surface area contributed by atoms with Crippen molar-refractivity contribution in [3.8, 4) is 5.69 Å². The summed E-state index contributed by atoms with van der Waals surface area (Å²) in [6.07, 6.45) is 6.30. The standard InChI is InChI=1S/C39H25NS.C12H9NS.2C2H6.H4N2/c1-2-10-30-26(7-1)19-23-34-37(30)38-31-12-5-8-27(31)20-24-35(38)40(34)29-21-16-25(17-22-29)15-18-28-9-6-13-33-32-11-3-4-14-36(32)41-39(28)33;13-8-5-6-12-10(7-8)9-3-1-2-4-11(9)14-12;3*1-2/h1-4,6-14,16-17,19-24H,15,18H2;1-7H,13H2;2*1-2H3;1-2H2. The van der Waals surface area contributed by atoms with Crippen LogP contribution < -0.4 is 17.4 Å². The van der Waals surface area contributed by atoms with Crippen LogP contribution in [0.5, 0.6) is 0 Å². The number of nitrogens with zero attached hydrogens (tertiary/aromatic N) is 1. The van der Waals surface area contributed by atoms with Gasteiger partial charge in [0.1, 0.15) is 0 Å². The maximum Gasteiger partial charge on any atom is 0.0548 e. The molecule has 6 N–H and O–H groups in total. The van der Waals surface area contributed by atoms with Crippen molar-refractivity contribution in [1.82, 2.24) is 4.57 Å². The fourth-order valence-corrected chi connectivity index (χ4v) is 10.9. The number of aryl methyl sites for hydroxylation is 2. The van der Waals surface area contributed by atoms with Crippen LogP contribution in [-0.4, -0.2) is 4.57 Å². The van der Waals surface area contributed by atoms with Gasteiger partial charge in [0, 0.05) is 68.1 Å². The highest BCUT2D eigenvalue weighted by Crippen LogP contribution is 2.42. The van der Waals surface area contributed by atoms with Crippen LogP contribution in [0.3, 0.4) is 0 Å². The zero-order valence-corrected chi connectivity index (χ0v) is 36.7. The van der Waals surface area contributed by atoms with Crippen LogP contribution in [0.2, 0.25) is 0 Å². The molecule has 0 fully saturated rings. The molecule has 0 spiro atoms. The Bertz CT molecular complexity index is 3380. The lowest BCUT2D eigenvalue weighted by molar-refractivity contribution is 0.969. The maximum absolute atomic E-state index is 5.78. The smallest absolute Gasteiger partial charge is 0.0548 e. The number of rotatable bonds is 4. The monoisotopic (exact) mass is 830 g/mol. The van der Waals surface area contributed by atoms with E-state index in [0.29, 0.717) is 0 Å². The molecule has 0 bridgehead atoms. The molecule has 302 valence electrons. The average molecular weight is 831 g/mol. The Balaban J connectivity index is 0.000000215. The predicted molar refractivity (Wildman–Crippen MR) is 272 cm³/mol. The van der Waals surface area contributed by atoms with E-state index in [0.717, 1.165) is 18.5 Å². The minimum absolute atomic E-state index is 0.834. The number of hydrazine groups is 1. The van der Waals surface area contributed by atoms with Crippen molar-refractivity contribution in [2.45, 2.75) is 40.5 Å². The summed E-state index contributed by atoms with van der Waals surface area (Å²) in [7, 11) is 0. The molecule has 4 nitrogen and oxygen atoms in total. The van der Waals surface area contributed by atoms with Crippen LogP contribution >= 0.6 is 22.7 Å². The summed E-state index contributed by atoms with van der Waals surface area (Å²) in [5, 5.41) is 10.5. The molecule has 61 heavy (non-hydrogen) atoms. The molecule has 0 aliphatic heterocycles. The Morgan fingerprint density at radius 2 is 1.13 bits per heavy atom. The first-order valence-corrected chi connectivity index (χ1v) is 22.7. The van der Waals surface area contributed by atoms with Crippen molar-refractivity contribution >= 4 is 113 Å². The SMILES string of the molecule is C1=Cc2ccc3c(c2C=1)c1c2ccccc2ccc1n3-c1ccc(CCc2cccc3c2sc2ccccc23)cc1.CC.CC.NN.Nc1ccc2sc3ccccc3c2c1. The summed E-state index contributed by atoms with van der Waals surface area (Å²) >= 11 is 3.74.